The molecular formula is C22H33N3OS. The summed E-state index contributed by atoms with van der Waals surface area (Å²) in [6.45, 7) is 7.58. The zero-order chi connectivity index (χ0) is 18.9. The number of hydrogen-bond donors (Lipinski definition) is 0. The first-order valence-corrected chi connectivity index (χ1v) is 11.4. The minimum atomic E-state index is -0.0403. The predicted molar refractivity (Wildman–Crippen MR) is 111 cm³/mol. The van der Waals surface area contributed by atoms with Gasteiger partial charge in [0, 0.05) is 54.1 Å². The molecule has 0 aromatic carbocycles. The lowest BCUT2D eigenvalue weighted by atomic mass is 9.77. The molecule has 2 unspecified atom stereocenters. The van der Waals surface area contributed by atoms with Crippen molar-refractivity contribution >= 4 is 11.3 Å². The Morgan fingerprint density at radius 1 is 1.37 bits per heavy atom. The molecule has 1 spiro atoms. The Morgan fingerprint density at radius 3 is 3.00 bits per heavy atom. The van der Waals surface area contributed by atoms with E-state index in [-0.39, 0.29) is 5.60 Å². The van der Waals surface area contributed by atoms with Crippen molar-refractivity contribution in [1.82, 2.24) is 14.7 Å². The fourth-order valence-electron chi connectivity index (χ4n) is 4.86. The monoisotopic (exact) mass is 387 g/mol. The van der Waals surface area contributed by atoms with E-state index in [1.165, 1.54) is 35.3 Å². The Morgan fingerprint density at radius 2 is 2.26 bits per heavy atom. The van der Waals surface area contributed by atoms with Crippen LogP contribution in [0, 0.1) is 0 Å². The zero-order valence-corrected chi connectivity index (χ0v) is 17.9. The minimum Gasteiger partial charge on any atom is -0.370 e. The van der Waals surface area contributed by atoms with Gasteiger partial charge in [0.2, 0.25) is 0 Å². The summed E-state index contributed by atoms with van der Waals surface area (Å²) in [4.78, 5) is 5.80. The number of likely N-dealkylation sites (tertiary alicyclic amines) is 1. The Balaban J connectivity index is 1.57. The number of aromatic nitrogens is 2. The van der Waals surface area contributed by atoms with Gasteiger partial charge in [0.15, 0.2) is 0 Å². The number of unbranched alkanes of at least 4 members (excludes halogenated alkanes) is 1. The Kier molecular flexibility index (Phi) is 5.72. The summed E-state index contributed by atoms with van der Waals surface area (Å²) in [7, 11) is 2.00. The summed E-state index contributed by atoms with van der Waals surface area (Å²) in [6, 6.07) is 3.06. The van der Waals surface area contributed by atoms with Gasteiger partial charge in [-0.1, -0.05) is 26.7 Å². The molecule has 4 heterocycles. The number of aryl methyl sites for hydroxylation is 2. The van der Waals surface area contributed by atoms with Crippen LogP contribution in [0.2, 0.25) is 0 Å². The molecule has 4 nitrogen and oxygen atoms in total. The third kappa shape index (κ3) is 3.87. The lowest BCUT2D eigenvalue weighted by Crippen LogP contribution is -2.51. The summed E-state index contributed by atoms with van der Waals surface area (Å²) in [5, 5.41) is 4.36. The highest BCUT2D eigenvalue weighted by Gasteiger charge is 2.45. The molecule has 1 saturated heterocycles. The third-order valence-electron chi connectivity index (χ3n) is 6.33. The maximum atomic E-state index is 6.57. The molecule has 2 aliphatic heterocycles. The number of ether oxygens (including phenoxy) is 1. The van der Waals surface area contributed by atoms with Crippen molar-refractivity contribution in [2.24, 2.45) is 7.05 Å². The van der Waals surface area contributed by atoms with Gasteiger partial charge in [-0.05, 0) is 37.3 Å². The Hall–Kier alpha value is -1.17. The van der Waals surface area contributed by atoms with E-state index in [1.807, 2.05) is 29.3 Å². The summed E-state index contributed by atoms with van der Waals surface area (Å²) in [5.74, 6) is 0. The van der Waals surface area contributed by atoms with Crippen molar-refractivity contribution in [3.05, 3.63) is 39.3 Å². The van der Waals surface area contributed by atoms with Gasteiger partial charge in [0.25, 0.3) is 0 Å². The number of hydrogen-bond acceptors (Lipinski definition) is 4. The van der Waals surface area contributed by atoms with E-state index in [2.05, 4.69) is 36.1 Å². The maximum absolute atomic E-state index is 6.57. The van der Waals surface area contributed by atoms with Crippen molar-refractivity contribution in [2.45, 2.75) is 77.0 Å². The summed E-state index contributed by atoms with van der Waals surface area (Å²) < 4.78 is 8.48. The van der Waals surface area contributed by atoms with Crippen molar-refractivity contribution in [3.8, 4) is 0 Å². The normalized spacial score (nSPS) is 25.8. The van der Waals surface area contributed by atoms with E-state index in [9.17, 15) is 0 Å². The topological polar surface area (TPSA) is 30.3 Å². The molecule has 2 atom stereocenters. The van der Waals surface area contributed by atoms with Crippen molar-refractivity contribution in [2.75, 3.05) is 13.2 Å². The molecule has 0 N–H and O–H groups in total. The van der Waals surface area contributed by atoms with Gasteiger partial charge in [-0.2, -0.15) is 5.10 Å². The van der Waals surface area contributed by atoms with Crippen LogP contribution in [0.4, 0.5) is 0 Å². The first-order chi connectivity index (χ1) is 13.1. The molecule has 0 aliphatic carbocycles. The molecule has 2 aromatic heterocycles. The van der Waals surface area contributed by atoms with Gasteiger partial charge in [0.1, 0.15) is 0 Å². The molecule has 0 saturated carbocycles. The fourth-order valence-corrected chi connectivity index (χ4v) is 6.04. The first kappa shape index (κ1) is 19.2. The van der Waals surface area contributed by atoms with Gasteiger partial charge < -0.3 is 4.74 Å². The zero-order valence-electron chi connectivity index (χ0n) is 17.0. The number of piperidine rings is 1. The molecular weight excluding hydrogens is 354 g/mol. The van der Waals surface area contributed by atoms with E-state index in [0.29, 0.717) is 6.04 Å². The molecule has 0 amide bonds. The quantitative estimate of drug-likeness (QED) is 0.722. The van der Waals surface area contributed by atoms with E-state index in [1.54, 1.807) is 4.88 Å². The first-order valence-electron chi connectivity index (χ1n) is 10.6. The Bertz CT molecular complexity index is 767. The molecule has 27 heavy (non-hydrogen) atoms. The second-order valence-corrected chi connectivity index (χ2v) is 9.46. The van der Waals surface area contributed by atoms with Crippen LogP contribution in [0.1, 0.15) is 66.8 Å². The third-order valence-corrected chi connectivity index (χ3v) is 7.67. The fraction of sp³-hybridized carbons (Fsp3) is 0.682. The van der Waals surface area contributed by atoms with E-state index in [4.69, 9.17) is 4.74 Å². The molecule has 4 rings (SSSR count). The number of fused-ring (bicyclic) bond motifs is 2. The largest absolute Gasteiger partial charge is 0.370 e. The van der Waals surface area contributed by atoms with Gasteiger partial charge in [-0.15, -0.1) is 11.3 Å². The van der Waals surface area contributed by atoms with Crippen LogP contribution in [0.3, 0.4) is 0 Å². The molecule has 0 bridgehead atoms. The molecule has 1 fully saturated rings. The van der Waals surface area contributed by atoms with Crippen LogP contribution in [-0.4, -0.2) is 33.9 Å². The Labute approximate surface area is 167 Å². The second kappa shape index (κ2) is 8.06. The highest BCUT2D eigenvalue weighted by molar-refractivity contribution is 7.12. The summed E-state index contributed by atoms with van der Waals surface area (Å²) in [5.41, 5.74) is 2.81. The summed E-state index contributed by atoms with van der Waals surface area (Å²) in [6.07, 6.45) is 12.5. The van der Waals surface area contributed by atoms with Crippen molar-refractivity contribution < 1.29 is 4.74 Å². The average Bonchev–Trinajstić information content (AvgIpc) is 3.28. The second-order valence-electron chi connectivity index (χ2n) is 8.24. The van der Waals surface area contributed by atoms with E-state index < -0.39 is 0 Å². The van der Waals surface area contributed by atoms with Gasteiger partial charge in [0.05, 0.1) is 18.4 Å². The smallest absolute Gasteiger partial charge is 0.0969 e. The molecule has 5 heteroatoms. The number of thiophene rings is 1. The lowest BCUT2D eigenvalue weighted by molar-refractivity contribution is -0.116. The molecule has 2 aliphatic rings. The maximum Gasteiger partial charge on any atom is 0.0969 e. The van der Waals surface area contributed by atoms with Crippen LogP contribution in [0.15, 0.2) is 18.5 Å². The van der Waals surface area contributed by atoms with E-state index >= 15 is 0 Å². The summed E-state index contributed by atoms with van der Waals surface area (Å²) >= 11 is 2.02. The lowest BCUT2D eigenvalue weighted by Gasteiger charge is -2.48. The van der Waals surface area contributed by atoms with Gasteiger partial charge >= 0.3 is 0 Å². The standard InChI is InChI=1S/C22H33N3OS/c1-4-6-7-18-13-22(9-10-25(18)16-17-14-23-24(3)15-17)20-12-19(5-2)27-21(20)8-11-26-22/h12,14-15,18H,4-11,13,16H2,1-3H3. The van der Waals surface area contributed by atoms with Crippen molar-refractivity contribution in [3.63, 3.8) is 0 Å². The number of nitrogens with zero attached hydrogens (tertiary/aromatic N) is 3. The minimum absolute atomic E-state index is 0.0403. The number of rotatable bonds is 6. The molecule has 2 aromatic rings. The average molecular weight is 388 g/mol. The van der Waals surface area contributed by atoms with E-state index in [0.717, 1.165) is 45.4 Å². The van der Waals surface area contributed by atoms with Gasteiger partial charge in [-0.3, -0.25) is 9.58 Å². The van der Waals surface area contributed by atoms with Crippen LogP contribution in [0.5, 0.6) is 0 Å². The van der Waals surface area contributed by atoms with Crippen LogP contribution in [-0.2, 0) is 36.8 Å². The van der Waals surface area contributed by atoms with Crippen LogP contribution in [0.25, 0.3) is 0 Å². The van der Waals surface area contributed by atoms with Gasteiger partial charge in [-0.25, -0.2) is 0 Å². The molecule has 0 radical (unpaired) electrons. The highest BCUT2D eigenvalue weighted by Crippen LogP contribution is 2.47. The SMILES string of the molecule is CCCCC1CC2(CCN1Cc1cnn(C)c1)OCCc1sc(CC)cc12. The molecule has 148 valence electrons. The van der Waals surface area contributed by atoms with Crippen molar-refractivity contribution in [1.29, 1.82) is 0 Å². The van der Waals surface area contributed by atoms with Crippen LogP contribution < -0.4 is 0 Å². The highest BCUT2D eigenvalue weighted by atomic mass is 32.1. The van der Waals surface area contributed by atoms with Crippen LogP contribution >= 0.6 is 11.3 Å². The predicted octanol–water partition coefficient (Wildman–Crippen LogP) is 4.67.